The minimum atomic E-state index is 0.372. The normalized spacial score (nSPS) is 25.7. The summed E-state index contributed by atoms with van der Waals surface area (Å²) in [6.07, 6.45) is 6.80. The molecule has 110 valence electrons. The predicted octanol–water partition coefficient (Wildman–Crippen LogP) is 2.59. The van der Waals surface area contributed by atoms with E-state index < -0.39 is 0 Å². The highest BCUT2D eigenvalue weighted by Gasteiger charge is 2.40. The average Bonchev–Trinajstić information content (AvgIpc) is 3.20. The van der Waals surface area contributed by atoms with Crippen LogP contribution in [0.2, 0.25) is 0 Å². The quantitative estimate of drug-likeness (QED) is 0.836. The molecule has 2 aliphatic rings. The summed E-state index contributed by atoms with van der Waals surface area (Å²) in [5, 5.41) is 6.93. The van der Waals surface area contributed by atoms with Crippen LogP contribution in [0, 0.1) is 12.8 Å². The van der Waals surface area contributed by atoms with E-state index in [1.807, 2.05) is 0 Å². The maximum atomic E-state index is 5.88. The van der Waals surface area contributed by atoms with Gasteiger partial charge in [-0.2, -0.15) is 0 Å². The molecule has 1 saturated carbocycles. The maximum Gasteiger partial charge on any atom is 0.134 e. The first-order chi connectivity index (χ1) is 9.79. The number of aromatic nitrogens is 2. The first kappa shape index (κ1) is 13.6. The zero-order chi connectivity index (χ0) is 13.9. The first-order valence-electron chi connectivity index (χ1n) is 7.73. The Kier molecular flexibility index (Phi) is 4.05. The van der Waals surface area contributed by atoms with Crippen molar-refractivity contribution < 1.29 is 4.74 Å². The van der Waals surface area contributed by atoms with Crippen LogP contribution in [-0.2, 0) is 4.74 Å². The Hall–Kier alpha value is -1.36. The van der Waals surface area contributed by atoms with Gasteiger partial charge in [0, 0.05) is 18.7 Å². The Balaban J connectivity index is 1.70. The summed E-state index contributed by atoms with van der Waals surface area (Å²) < 4.78 is 5.88. The fourth-order valence-electron chi connectivity index (χ4n) is 2.85. The molecule has 2 atom stereocenters. The molecular formula is C15H24N4O. The zero-order valence-corrected chi connectivity index (χ0v) is 12.4. The van der Waals surface area contributed by atoms with E-state index in [-0.39, 0.29) is 0 Å². The van der Waals surface area contributed by atoms with Gasteiger partial charge in [0.25, 0.3) is 0 Å². The molecular weight excluding hydrogens is 252 g/mol. The Morgan fingerprint density at radius 2 is 2.05 bits per heavy atom. The number of nitrogens with zero attached hydrogens (tertiary/aromatic N) is 2. The lowest BCUT2D eigenvalue weighted by molar-refractivity contribution is 0.0898. The number of anilines is 2. The highest BCUT2D eigenvalue weighted by atomic mass is 16.5. The number of ether oxygens (including phenoxy) is 1. The third-order valence-corrected chi connectivity index (χ3v) is 4.17. The van der Waals surface area contributed by atoms with Crippen molar-refractivity contribution in [3.05, 3.63) is 11.9 Å². The lowest BCUT2D eigenvalue weighted by Gasteiger charge is -2.21. The van der Waals surface area contributed by atoms with Gasteiger partial charge < -0.3 is 15.4 Å². The van der Waals surface area contributed by atoms with Crippen LogP contribution < -0.4 is 10.6 Å². The number of hydrogen-bond acceptors (Lipinski definition) is 5. The third-order valence-electron chi connectivity index (χ3n) is 4.17. The van der Waals surface area contributed by atoms with Crippen LogP contribution in [-0.4, -0.2) is 35.3 Å². The molecule has 0 spiro atoms. The van der Waals surface area contributed by atoms with E-state index in [1.165, 1.54) is 12.8 Å². The van der Waals surface area contributed by atoms with Gasteiger partial charge in [-0.25, -0.2) is 9.97 Å². The van der Waals surface area contributed by atoms with Gasteiger partial charge in [0.1, 0.15) is 18.0 Å². The summed E-state index contributed by atoms with van der Waals surface area (Å²) in [6.45, 7) is 6.03. The van der Waals surface area contributed by atoms with E-state index in [0.717, 1.165) is 49.1 Å². The minimum absolute atomic E-state index is 0.372. The molecule has 0 radical (unpaired) electrons. The van der Waals surface area contributed by atoms with Gasteiger partial charge in [0.2, 0.25) is 0 Å². The van der Waals surface area contributed by atoms with Gasteiger partial charge in [0.05, 0.1) is 12.1 Å². The molecule has 5 nitrogen and oxygen atoms in total. The molecule has 2 N–H and O–H groups in total. The molecule has 0 bridgehead atoms. The maximum absolute atomic E-state index is 5.88. The number of hydrogen-bond donors (Lipinski definition) is 2. The van der Waals surface area contributed by atoms with Crippen molar-refractivity contribution in [2.75, 3.05) is 23.8 Å². The first-order valence-corrected chi connectivity index (χ1v) is 7.73. The smallest absolute Gasteiger partial charge is 0.134 e. The second-order valence-electron chi connectivity index (χ2n) is 5.84. The molecule has 5 heteroatoms. The topological polar surface area (TPSA) is 59.1 Å². The molecule has 2 heterocycles. The molecule has 3 rings (SSSR count). The van der Waals surface area contributed by atoms with Crippen LogP contribution in [0.4, 0.5) is 11.6 Å². The molecule has 1 saturated heterocycles. The summed E-state index contributed by atoms with van der Waals surface area (Å²) in [6, 6.07) is 0.398. The molecule has 20 heavy (non-hydrogen) atoms. The van der Waals surface area contributed by atoms with Gasteiger partial charge >= 0.3 is 0 Å². The molecule has 2 unspecified atom stereocenters. The standard InChI is InChI=1S/C15H24N4O/c1-3-7-16-14-10(2)15(18-9-17-14)19-12-6-8-20-13(12)11-4-5-11/h9,11-13H,3-8H2,1-2H3,(H2,16,17,18,19). The van der Waals surface area contributed by atoms with Crippen LogP contribution in [0.1, 0.15) is 38.2 Å². The lowest BCUT2D eigenvalue weighted by atomic mass is 10.1. The summed E-state index contributed by atoms with van der Waals surface area (Å²) in [5.74, 6) is 2.64. The minimum Gasteiger partial charge on any atom is -0.376 e. The number of rotatable bonds is 6. The fourth-order valence-corrected chi connectivity index (χ4v) is 2.85. The van der Waals surface area contributed by atoms with Gasteiger partial charge in [-0.1, -0.05) is 6.92 Å². The van der Waals surface area contributed by atoms with Gasteiger partial charge in [-0.05, 0) is 38.5 Å². The number of nitrogens with one attached hydrogen (secondary N) is 2. The largest absolute Gasteiger partial charge is 0.376 e. The van der Waals surface area contributed by atoms with Crippen LogP contribution in [0.3, 0.4) is 0 Å². The molecule has 1 aromatic heterocycles. The molecule has 0 aromatic carbocycles. The Bertz CT molecular complexity index is 461. The van der Waals surface area contributed by atoms with Gasteiger partial charge in [-0.3, -0.25) is 0 Å². The van der Waals surface area contributed by atoms with Crippen molar-refractivity contribution in [1.29, 1.82) is 0 Å². The monoisotopic (exact) mass is 276 g/mol. The van der Waals surface area contributed by atoms with E-state index in [2.05, 4.69) is 34.4 Å². The van der Waals surface area contributed by atoms with Crippen molar-refractivity contribution in [2.45, 2.75) is 51.7 Å². The lowest BCUT2D eigenvalue weighted by Crippen LogP contribution is -2.31. The highest BCUT2D eigenvalue weighted by Crippen LogP contribution is 2.39. The zero-order valence-electron chi connectivity index (χ0n) is 12.4. The molecule has 1 aromatic rings. The van der Waals surface area contributed by atoms with Crippen LogP contribution in [0.25, 0.3) is 0 Å². The Morgan fingerprint density at radius 3 is 2.80 bits per heavy atom. The second-order valence-corrected chi connectivity index (χ2v) is 5.84. The van der Waals surface area contributed by atoms with Crippen molar-refractivity contribution in [3.8, 4) is 0 Å². The Morgan fingerprint density at radius 1 is 1.25 bits per heavy atom. The SMILES string of the molecule is CCCNc1ncnc(NC2CCOC2C2CC2)c1C. The Labute approximate surface area is 120 Å². The van der Waals surface area contributed by atoms with Crippen molar-refractivity contribution in [1.82, 2.24) is 9.97 Å². The summed E-state index contributed by atoms with van der Waals surface area (Å²) in [4.78, 5) is 8.73. The molecule has 0 amide bonds. The van der Waals surface area contributed by atoms with E-state index in [1.54, 1.807) is 6.33 Å². The van der Waals surface area contributed by atoms with Crippen molar-refractivity contribution in [3.63, 3.8) is 0 Å². The van der Waals surface area contributed by atoms with E-state index in [4.69, 9.17) is 4.74 Å². The highest BCUT2D eigenvalue weighted by molar-refractivity contribution is 5.56. The van der Waals surface area contributed by atoms with E-state index in [0.29, 0.717) is 12.1 Å². The van der Waals surface area contributed by atoms with Crippen LogP contribution in [0.15, 0.2) is 6.33 Å². The van der Waals surface area contributed by atoms with Crippen LogP contribution >= 0.6 is 0 Å². The van der Waals surface area contributed by atoms with Gasteiger partial charge in [0.15, 0.2) is 0 Å². The average molecular weight is 276 g/mol. The van der Waals surface area contributed by atoms with E-state index >= 15 is 0 Å². The van der Waals surface area contributed by atoms with Gasteiger partial charge in [-0.15, -0.1) is 0 Å². The summed E-state index contributed by atoms with van der Waals surface area (Å²) >= 11 is 0. The van der Waals surface area contributed by atoms with Crippen molar-refractivity contribution in [2.24, 2.45) is 5.92 Å². The molecule has 1 aliphatic heterocycles. The third kappa shape index (κ3) is 2.87. The predicted molar refractivity (Wildman–Crippen MR) is 80.0 cm³/mol. The van der Waals surface area contributed by atoms with Crippen LogP contribution in [0.5, 0.6) is 0 Å². The van der Waals surface area contributed by atoms with E-state index in [9.17, 15) is 0 Å². The fraction of sp³-hybridized carbons (Fsp3) is 0.733. The summed E-state index contributed by atoms with van der Waals surface area (Å²) in [5.41, 5.74) is 1.10. The van der Waals surface area contributed by atoms with Crippen molar-refractivity contribution >= 4 is 11.6 Å². The molecule has 1 aliphatic carbocycles. The summed E-state index contributed by atoms with van der Waals surface area (Å²) in [7, 11) is 0. The molecule has 2 fully saturated rings. The second kappa shape index (κ2) is 5.95.